The van der Waals surface area contributed by atoms with Gasteiger partial charge in [0.15, 0.2) is 0 Å². The van der Waals surface area contributed by atoms with Gasteiger partial charge >= 0.3 is 0 Å². The van der Waals surface area contributed by atoms with Gasteiger partial charge in [0.25, 0.3) is 0 Å². The maximum Gasteiger partial charge on any atom is 0.130 e. The third-order valence-corrected chi connectivity index (χ3v) is 4.39. The fourth-order valence-electron chi connectivity index (χ4n) is 2.28. The highest BCUT2D eigenvalue weighted by atomic mass is 32.1. The normalized spacial score (nSPS) is 10.5. The van der Waals surface area contributed by atoms with Crippen LogP contribution in [0.4, 0.5) is 5.82 Å². The number of aromatic hydroxyl groups is 1. The number of benzene rings is 1. The van der Waals surface area contributed by atoms with Crippen LogP contribution in [-0.2, 0) is 6.42 Å². The zero-order chi connectivity index (χ0) is 16.8. The van der Waals surface area contributed by atoms with Crippen molar-refractivity contribution in [1.29, 1.82) is 0 Å². The van der Waals surface area contributed by atoms with E-state index in [0.717, 1.165) is 40.7 Å². The molecule has 24 heavy (non-hydrogen) atoms. The molecule has 0 atom stereocenters. The summed E-state index contributed by atoms with van der Waals surface area (Å²) in [4.78, 5) is 9.66. The fourth-order valence-corrected chi connectivity index (χ4v) is 3.08. The molecule has 124 valence electrons. The summed E-state index contributed by atoms with van der Waals surface area (Å²) in [5.74, 6) is 1.96. The molecule has 0 saturated carbocycles. The van der Waals surface area contributed by atoms with Gasteiger partial charge < -0.3 is 15.2 Å². The second-order valence-corrected chi connectivity index (χ2v) is 6.12. The molecule has 0 aliphatic rings. The highest BCUT2D eigenvalue weighted by molar-refractivity contribution is 7.13. The number of hydrogen-bond donors (Lipinski definition) is 2. The van der Waals surface area contributed by atoms with Crippen molar-refractivity contribution in [3.05, 3.63) is 53.7 Å². The van der Waals surface area contributed by atoms with Crippen LogP contribution in [0.25, 0.3) is 10.6 Å². The van der Waals surface area contributed by atoms with E-state index in [0.29, 0.717) is 6.61 Å². The van der Waals surface area contributed by atoms with Gasteiger partial charge in [-0.1, -0.05) is 12.1 Å². The molecule has 5 nitrogen and oxygen atoms in total. The Labute approximate surface area is 145 Å². The van der Waals surface area contributed by atoms with Gasteiger partial charge in [0, 0.05) is 24.1 Å². The summed E-state index contributed by atoms with van der Waals surface area (Å²) in [5.41, 5.74) is 2.04. The number of phenols is 1. The predicted octanol–water partition coefficient (Wildman–Crippen LogP) is 3.96. The van der Waals surface area contributed by atoms with Crippen molar-refractivity contribution in [2.45, 2.75) is 13.3 Å². The monoisotopic (exact) mass is 341 g/mol. The Kier molecular flexibility index (Phi) is 5.28. The second kappa shape index (κ2) is 7.79. The van der Waals surface area contributed by atoms with E-state index in [9.17, 15) is 5.11 Å². The number of hydrogen-bond acceptors (Lipinski definition) is 6. The van der Waals surface area contributed by atoms with E-state index in [4.69, 9.17) is 4.74 Å². The topological polar surface area (TPSA) is 67.3 Å². The van der Waals surface area contributed by atoms with Gasteiger partial charge in [0.05, 0.1) is 17.2 Å². The molecule has 0 amide bonds. The molecule has 2 heterocycles. The SMILES string of the molecule is CCOc1csc(-c2cc(NCCc3ccc(O)cc3)ncn2)c1. The smallest absolute Gasteiger partial charge is 0.130 e. The predicted molar refractivity (Wildman–Crippen MR) is 96.8 cm³/mol. The van der Waals surface area contributed by atoms with Crippen LogP contribution >= 0.6 is 11.3 Å². The van der Waals surface area contributed by atoms with E-state index in [1.54, 1.807) is 29.8 Å². The number of aromatic nitrogens is 2. The molecule has 0 aliphatic carbocycles. The Hall–Kier alpha value is -2.60. The summed E-state index contributed by atoms with van der Waals surface area (Å²) in [6.07, 6.45) is 2.42. The van der Waals surface area contributed by atoms with E-state index in [1.165, 1.54) is 0 Å². The number of nitrogens with zero attached hydrogens (tertiary/aromatic N) is 2. The molecular formula is C18H19N3O2S. The van der Waals surface area contributed by atoms with Crippen LogP contribution in [-0.4, -0.2) is 28.2 Å². The zero-order valence-electron chi connectivity index (χ0n) is 13.4. The molecule has 0 aliphatic heterocycles. The van der Waals surface area contributed by atoms with Crippen LogP contribution in [0.3, 0.4) is 0 Å². The lowest BCUT2D eigenvalue weighted by atomic mass is 10.1. The average molecular weight is 341 g/mol. The van der Waals surface area contributed by atoms with E-state index >= 15 is 0 Å². The quantitative estimate of drug-likeness (QED) is 0.681. The molecule has 6 heteroatoms. The third-order valence-electron chi connectivity index (χ3n) is 3.46. The Bertz CT molecular complexity index is 787. The average Bonchev–Trinajstić information content (AvgIpc) is 3.06. The van der Waals surface area contributed by atoms with E-state index in [1.807, 2.05) is 36.6 Å². The number of thiophene rings is 1. The molecular weight excluding hydrogens is 322 g/mol. The van der Waals surface area contributed by atoms with Crippen LogP contribution in [0.15, 0.2) is 48.1 Å². The van der Waals surface area contributed by atoms with Crippen LogP contribution in [0.2, 0.25) is 0 Å². The van der Waals surface area contributed by atoms with E-state index in [-0.39, 0.29) is 5.75 Å². The van der Waals surface area contributed by atoms with Crippen LogP contribution in [0.1, 0.15) is 12.5 Å². The van der Waals surface area contributed by atoms with Crippen molar-refractivity contribution in [3.63, 3.8) is 0 Å². The molecule has 2 aromatic heterocycles. The Morgan fingerprint density at radius 1 is 1.17 bits per heavy atom. The summed E-state index contributed by atoms with van der Waals surface area (Å²) in [5, 5.41) is 14.6. The lowest BCUT2D eigenvalue weighted by Gasteiger charge is -2.06. The zero-order valence-corrected chi connectivity index (χ0v) is 14.2. The van der Waals surface area contributed by atoms with Gasteiger partial charge in [0.2, 0.25) is 0 Å². The highest BCUT2D eigenvalue weighted by Crippen LogP contribution is 2.30. The van der Waals surface area contributed by atoms with Crippen molar-refractivity contribution < 1.29 is 9.84 Å². The molecule has 0 bridgehead atoms. The molecule has 1 aromatic carbocycles. The molecule has 0 spiro atoms. The largest absolute Gasteiger partial charge is 0.508 e. The Morgan fingerprint density at radius 3 is 2.79 bits per heavy atom. The minimum atomic E-state index is 0.287. The van der Waals surface area contributed by atoms with Crippen molar-refractivity contribution in [1.82, 2.24) is 9.97 Å². The first-order valence-electron chi connectivity index (χ1n) is 7.80. The number of phenolic OH excluding ortho intramolecular Hbond substituents is 1. The van der Waals surface area contributed by atoms with Gasteiger partial charge in [-0.2, -0.15) is 0 Å². The molecule has 2 N–H and O–H groups in total. The summed E-state index contributed by atoms with van der Waals surface area (Å²) in [7, 11) is 0. The second-order valence-electron chi connectivity index (χ2n) is 5.21. The van der Waals surface area contributed by atoms with E-state index < -0.39 is 0 Å². The first-order valence-corrected chi connectivity index (χ1v) is 8.68. The van der Waals surface area contributed by atoms with Crippen molar-refractivity contribution in [2.75, 3.05) is 18.5 Å². The molecule has 3 aromatic rings. The fraction of sp³-hybridized carbons (Fsp3) is 0.222. The van der Waals surface area contributed by atoms with Crippen LogP contribution in [0, 0.1) is 0 Å². The highest BCUT2D eigenvalue weighted by Gasteiger charge is 2.06. The molecule has 0 radical (unpaired) electrons. The molecule has 0 fully saturated rings. The number of rotatable bonds is 7. The van der Waals surface area contributed by atoms with Crippen molar-refractivity contribution in [2.24, 2.45) is 0 Å². The molecule has 0 saturated heterocycles. The first kappa shape index (κ1) is 16.3. The van der Waals surface area contributed by atoms with Gasteiger partial charge in [-0.3, -0.25) is 0 Å². The summed E-state index contributed by atoms with van der Waals surface area (Å²) in [6, 6.07) is 11.2. The van der Waals surface area contributed by atoms with Crippen LogP contribution < -0.4 is 10.1 Å². The van der Waals surface area contributed by atoms with Crippen molar-refractivity contribution >= 4 is 17.2 Å². The maximum absolute atomic E-state index is 9.29. The summed E-state index contributed by atoms with van der Waals surface area (Å²) >= 11 is 1.61. The number of ether oxygens (including phenoxy) is 1. The lowest BCUT2D eigenvalue weighted by molar-refractivity contribution is 0.342. The maximum atomic E-state index is 9.29. The number of anilines is 1. The van der Waals surface area contributed by atoms with E-state index in [2.05, 4.69) is 15.3 Å². The van der Waals surface area contributed by atoms with Gasteiger partial charge in [-0.05, 0) is 31.0 Å². The minimum Gasteiger partial charge on any atom is -0.508 e. The Balaban J connectivity index is 1.61. The summed E-state index contributed by atoms with van der Waals surface area (Å²) < 4.78 is 5.49. The summed E-state index contributed by atoms with van der Waals surface area (Å²) in [6.45, 7) is 3.39. The van der Waals surface area contributed by atoms with Gasteiger partial charge in [-0.15, -0.1) is 11.3 Å². The van der Waals surface area contributed by atoms with Crippen molar-refractivity contribution in [3.8, 4) is 22.1 Å². The van der Waals surface area contributed by atoms with Crippen LogP contribution in [0.5, 0.6) is 11.5 Å². The lowest BCUT2D eigenvalue weighted by Crippen LogP contribution is -2.06. The molecule has 0 unspecified atom stereocenters. The Morgan fingerprint density at radius 2 is 2.00 bits per heavy atom. The minimum absolute atomic E-state index is 0.287. The molecule has 3 rings (SSSR count). The number of nitrogens with one attached hydrogen (secondary N) is 1. The first-order chi connectivity index (χ1) is 11.7. The standard InChI is InChI=1S/C18H19N3O2S/c1-2-23-15-9-17(24-11-15)16-10-18(21-12-20-16)19-8-7-13-3-5-14(22)6-4-13/h3-6,9-12,22H,2,7-8H2,1H3,(H,19,20,21). The van der Waals surface area contributed by atoms with Gasteiger partial charge in [0.1, 0.15) is 23.6 Å². The third kappa shape index (κ3) is 4.23. The van der Waals surface area contributed by atoms with Gasteiger partial charge in [-0.25, -0.2) is 9.97 Å².